The van der Waals surface area contributed by atoms with Gasteiger partial charge in [0.1, 0.15) is 5.69 Å². The molecule has 2 rings (SSSR count). The molecule has 0 saturated carbocycles. The molecule has 1 aromatic carbocycles. The summed E-state index contributed by atoms with van der Waals surface area (Å²) in [4.78, 5) is 0. The average Bonchev–Trinajstić information content (AvgIpc) is 2.78. The highest BCUT2D eigenvalue weighted by Gasteiger charge is 2.02. The van der Waals surface area contributed by atoms with Gasteiger partial charge in [0.2, 0.25) is 0 Å². The summed E-state index contributed by atoms with van der Waals surface area (Å²) in [6.07, 6.45) is 1.70. The van der Waals surface area contributed by atoms with Crippen LogP contribution in [0.3, 0.4) is 0 Å². The minimum atomic E-state index is -0.0994. The van der Waals surface area contributed by atoms with Crippen LogP contribution < -0.4 is 0 Å². The van der Waals surface area contributed by atoms with Crippen molar-refractivity contribution in [2.24, 2.45) is 0 Å². The number of hydrogen-bond donors (Lipinski definition) is 1. The number of aliphatic hydroxyl groups is 1. The summed E-state index contributed by atoms with van der Waals surface area (Å²) in [6, 6.07) is 7.81. The molecule has 5 nitrogen and oxygen atoms in total. The van der Waals surface area contributed by atoms with E-state index < -0.39 is 0 Å². The number of benzene rings is 1. The van der Waals surface area contributed by atoms with Crippen molar-refractivity contribution >= 4 is 0 Å². The summed E-state index contributed by atoms with van der Waals surface area (Å²) in [6.45, 7) is 0.465. The van der Waals surface area contributed by atoms with Crippen molar-refractivity contribution in [3.05, 3.63) is 41.7 Å². The predicted octanol–water partition coefficient (Wildman–Crippen LogP) is 0.906. The van der Waals surface area contributed by atoms with Gasteiger partial charge in [-0.1, -0.05) is 17.3 Å². The molecule has 1 heterocycles. The number of aliphatic hydroxyl groups excluding tert-OH is 1. The number of rotatable bonds is 4. The highest BCUT2D eigenvalue weighted by molar-refractivity contribution is 5.34. The van der Waals surface area contributed by atoms with Crippen molar-refractivity contribution in [1.82, 2.24) is 15.0 Å². The highest BCUT2D eigenvalue weighted by atomic mass is 16.5. The Balaban J connectivity index is 2.28. The van der Waals surface area contributed by atoms with Gasteiger partial charge in [0.15, 0.2) is 0 Å². The molecule has 0 atom stereocenters. The molecular formula is C11H13N3O2. The fourth-order valence-corrected chi connectivity index (χ4v) is 1.45. The van der Waals surface area contributed by atoms with E-state index >= 15 is 0 Å². The van der Waals surface area contributed by atoms with Gasteiger partial charge in [-0.3, -0.25) is 0 Å². The molecule has 0 saturated heterocycles. The molecular weight excluding hydrogens is 206 g/mol. The van der Waals surface area contributed by atoms with Gasteiger partial charge in [-0.15, -0.1) is 5.10 Å². The number of hydrogen-bond acceptors (Lipinski definition) is 4. The predicted molar refractivity (Wildman–Crippen MR) is 58.0 cm³/mol. The van der Waals surface area contributed by atoms with Crippen molar-refractivity contribution < 1.29 is 9.84 Å². The molecule has 0 amide bonds. The van der Waals surface area contributed by atoms with Crippen LogP contribution in [0.25, 0.3) is 5.69 Å². The van der Waals surface area contributed by atoms with Crippen LogP contribution in [0, 0.1) is 0 Å². The van der Waals surface area contributed by atoms with Crippen molar-refractivity contribution in [3.63, 3.8) is 0 Å². The first-order valence-corrected chi connectivity index (χ1v) is 4.94. The fourth-order valence-electron chi connectivity index (χ4n) is 1.45. The molecule has 16 heavy (non-hydrogen) atoms. The zero-order valence-corrected chi connectivity index (χ0v) is 9.00. The number of aromatic nitrogens is 3. The van der Waals surface area contributed by atoms with Crippen LogP contribution in [0.1, 0.15) is 11.3 Å². The summed E-state index contributed by atoms with van der Waals surface area (Å²) in [5.41, 5.74) is 2.53. The Bertz CT molecular complexity index is 468. The average molecular weight is 219 g/mol. The van der Waals surface area contributed by atoms with Gasteiger partial charge >= 0.3 is 0 Å². The lowest BCUT2D eigenvalue weighted by Gasteiger charge is -2.03. The maximum atomic E-state index is 8.90. The van der Waals surface area contributed by atoms with E-state index in [4.69, 9.17) is 9.84 Å². The Kier molecular flexibility index (Phi) is 3.28. The first-order chi connectivity index (χ1) is 7.83. The third-order valence-corrected chi connectivity index (χ3v) is 2.19. The molecule has 1 N–H and O–H groups in total. The van der Waals surface area contributed by atoms with Crippen molar-refractivity contribution in [2.75, 3.05) is 7.11 Å². The third kappa shape index (κ3) is 2.26. The fraction of sp³-hybridized carbons (Fsp3) is 0.273. The summed E-state index contributed by atoms with van der Waals surface area (Å²) in [7, 11) is 1.66. The number of ether oxygens (including phenoxy) is 1. The van der Waals surface area contributed by atoms with E-state index in [1.807, 2.05) is 24.3 Å². The first kappa shape index (κ1) is 10.8. The quantitative estimate of drug-likeness (QED) is 0.830. The van der Waals surface area contributed by atoms with Gasteiger partial charge in [0.05, 0.1) is 25.1 Å². The molecule has 0 aliphatic carbocycles. The monoisotopic (exact) mass is 219 g/mol. The normalized spacial score (nSPS) is 10.6. The largest absolute Gasteiger partial charge is 0.390 e. The minimum Gasteiger partial charge on any atom is -0.390 e. The zero-order valence-electron chi connectivity index (χ0n) is 9.00. The molecule has 2 aromatic rings. The van der Waals surface area contributed by atoms with Crippen LogP contribution in [0.5, 0.6) is 0 Å². The number of nitrogens with zero attached hydrogens (tertiary/aromatic N) is 3. The zero-order chi connectivity index (χ0) is 11.4. The molecule has 0 radical (unpaired) electrons. The molecule has 0 unspecified atom stereocenters. The smallest absolute Gasteiger partial charge is 0.109 e. The summed E-state index contributed by atoms with van der Waals surface area (Å²) in [5, 5.41) is 16.6. The Morgan fingerprint density at radius 2 is 2.31 bits per heavy atom. The maximum absolute atomic E-state index is 8.90. The van der Waals surface area contributed by atoms with E-state index in [0.717, 1.165) is 11.3 Å². The Labute approximate surface area is 93.3 Å². The lowest BCUT2D eigenvalue weighted by Crippen LogP contribution is -1.96. The van der Waals surface area contributed by atoms with Gasteiger partial charge in [-0.25, -0.2) is 4.68 Å². The first-order valence-electron chi connectivity index (χ1n) is 4.94. The van der Waals surface area contributed by atoms with Gasteiger partial charge in [-0.05, 0) is 17.7 Å². The summed E-state index contributed by atoms with van der Waals surface area (Å²) >= 11 is 0. The highest BCUT2D eigenvalue weighted by Crippen LogP contribution is 2.10. The van der Waals surface area contributed by atoms with Crippen molar-refractivity contribution in [2.45, 2.75) is 13.2 Å². The van der Waals surface area contributed by atoms with Crippen LogP contribution in [0.2, 0.25) is 0 Å². The van der Waals surface area contributed by atoms with Crippen LogP contribution >= 0.6 is 0 Å². The topological polar surface area (TPSA) is 60.2 Å². The van der Waals surface area contributed by atoms with Gasteiger partial charge in [0.25, 0.3) is 0 Å². The standard InChI is InChI=1S/C11H13N3O2/c1-16-8-9-3-2-4-11(5-9)14-6-10(7-15)12-13-14/h2-6,15H,7-8H2,1H3. The molecule has 5 heteroatoms. The van der Waals surface area contributed by atoms with E-state index in [-0.39, 0.29) is 6.61 Å². The van der Waals surface area contributed by atoms with E-state index in [1.165, 1.54) is 0 Å². The molecule has 0 fully saturated rings. The van der Waals surface area contributed by atoms with E-state index in [1.54, 1.807) is 18.0 Å². The lowest BCUT2D eigenvalue weighted by molar-refractivity contribution is 0.185. The minimum absolute atomic E-state index is 0.0994. The molecule has 0 aliphatic rings. The SMILES string of the molecule is COCc1cccc(-n2cc(CO)nn2)c1. The van der Waals surface area contributed by atoms with Crippen LogP contribution in [-0.2, 0) is 18.0 Å². The number of methoxy groups -OCH3 is 1. The molecule has 84 valence electrons. The maximum Gasteiger partial charge on any atom is 0.109 e. The van der Waals surface area contributed by atoms with Gasteiger partial charge < -0.3 is 9.84 Å². The molecule has 1 aromatic heterocycles. The molecule has 0 spiro atoms. The van der Waals surface area contributed by atoms with Crippen molar-refractivity contribution in [1.29, 1.82) is 0 Å². The van der Waals surface area contributed by atoms with Crippen molar-refractivity contribution in [3.8, 4) is 5.69 Å². The molecule has 0 bridgehead atoms. The van der Waals surface area contributed by atoms with Crippen LogP contribution in [0.15, 0.2) is 30.5 Å². The lowest BCUT2D eigenvalue weighted by atomic mass is 10.2. The summed E-state index contributed by atoms with van der Waals surface area (Å²) in [5.74, 6) is 0. The second kappa shape index (κ2) is 4.87. The van der Waals surface area contributed by atoms with E-state index in [0.29, 0.717) is 12.3 Å². The van der Waals surface area contributed by atoms with Gasteiger partial charge in [-0.2, -0.15) is 0 Å². The van der Waals surface area contributed by atoms with E-state index in [2.05, 4.69) is 10.3 Å². The Hall–Kier alpha value is -1.72. The van der Waals surface area contributed by atoms with Gasteiger partial charge in [0, 0.05) is 7.11 Å². The Morgan fingerprint density at radius 3 is 3.00 bits per heavy atom. The Morgan fingerprint density at radius 1 is 1.44 bits per heavy atom. The third-order valence-electron chi connectivity index (χ3n) is 2.19. The second-order valence-corrected chi connectivity index (χ2v) is 3.42. The van der Waals surface area contributed by atoms with Crippen LogP contribution in [-0.4, -0.2) is 27.2 Å². The second-order valence-electron chi connectivity index (χ2n) is 3.42. The molecule has 0 aliphatic heterocycles. The summed E-state index contributed by atoms with van der Waals surface area (Å²) < 4.78 is 6.69. The van der Waals surface area contributed by atoms with Crippen LogP contribution in [0.4, 0.5) is 0 Å². The van der Waals surface area contributed by atoms with E-state index in [9.17, 15) is 0 Å².